The van der Waals surface area contributed by atoms with Gasteiger partial charge in [-0.1, -0.05) is 36.2 Å². The maximum absolute atomic E-state index is 13.4. The van der Waals surface area contributed by atoms with E-state index in [1.807, 2.05) is 6.92 Å². The molecule has 1 fully saturated rings. The van der Waals surface area contributed by atoms with Crippen molar-refractivity contribution in [2.75, 3.05) is 30.0 Å². The van der Waals surface area contributed by atoms with Gasteiger partial charge in [0.2, 0.25) is 0 Å². The van der Waals surface area contributed by atoms with Crippen molar-refractivity contribution in [2.45, 2.75) is 20.3 Å². The van der Waals surface area contributed by atoms with Crippen LogP contribution in [0.5, 0.6) is 17.2 Å². The summed E-state index contributed by atoms with van der Waals surface area (Å²) < 4.78 is 16.9. The Kier molecular flexibility index (Phi) is 10.1. The summed E-state index contributed by atoms with van der Waals surface area (Å²) in [7, 11) is 0. The van der Waals surface area contributed by atoms with Gasteiger partial charge in [-0.3, -0.25) is 19.7 Å². The van der Waals surface area contributed by atoms with E-state index >= 15 is 0 Å². The summed E-state index contributed by atoms with van der Waals surface area (Å²) in [6.45, 7) is 4.25. The SMILES string of the molecule is CCCOc1ccc(N2C(=O)NC(=O)/C(=C\c3ccc(OCC(=O)Nc4ccc(Cl)cc4)c(Cl)c3)C2=O)cc1OCC. The van der Waals surface area contributed by atoms with Crippen LogP contribution in [0.1, 0.15) is 25.8 Å². The number of nitrogens with one attached hydrogen (secondary N) is 2. The van der Waals surface area contributed by atoms with Crippen molar-refractivity contribution in [3.8, 4) is 17.2 Å². The van der Waals surface area contributed by atoms with E-state index in [0.717, 1.165) is 11.3 Å². The number of urea groups is 1. The molecule has 10 nitrogen and oxygen atoms in total. The molecular formula is C30H27Cl2N3O7. The number of halogens is 2. The van der Waals surface area contributed by atoms with E-state index in [0.29, 0.717) is 41.0 Å². The molecule has 4 rings (SSSR count). The summed E-state index contributed by atoms with van der Waals surface area (Å²) in [5, 5.41) is 5.55. The molecule has 0 unspecified atom stereocenters. The topological polar surface area (TPSA) is 123 Å². The van der Waals surface area contributed by atoms with Gasteiger partial charge in [-0.2, -0.15) is 0 Å². The third kappa shape index (κ3) is 7.39. The minimum Gasteiger partial charge on any atom is -0.490 e. The normalized spacial score (nSPS) is 14.0. The number of amides is 5. The highest BCUT2D eigenvalue weighted by Gasteiger charge is 2.37. The molecule has 0 radical (unpaired) electrons. The van der Waals surface area contributed by atoms with Gasteiger partial charge in [0.1, 0.15) is 11.3 Å². The van der Waals surface area contributed by atoms with Crippen LogP contribution in [0, 0.1) is 0 Å². The lowest BCUT2D eigenvalue weighted by molar-refractivity contribution is -0.122. The minimum absolute atomic E-state index is 0.143. The highest BCUT2D eigenvalue weighted by atomic mass is 35.5. The summed E-state index contributed by atoms with van der Waals surface area (Å²) in [6, 6.07) is 14.9. The number of carbonyl (C=O) groups excluding carboxylic acids is 4. The zero-order chi connectivity index (χ0) is 30.2. The molecule has 2 N–H and O–H groups in total. The number of hydrogen-bond donors (Lipinski definition) is 2. The first-order chi connectivity index (χ1) is 20.2. The fourth-order valence-corrected chi connectivity index (χ4v) is 4.26. The van der Waals surface area contributed by atoms with E-state index in [4.69, 9.17) is 37.4 Å². The number of carbonyl (C=O) groups is 4. The predicted octanol–water partition coefficient (Wildman–Crippen LogP) is 5.86. The fraction of sp³-hybridized carbons (Fsp3) is 0.200. The summed E-state index contributed by atoms with van der Waals surface area (Å²) >= 11 is 12.2. The van der Waals surface area contributed by atoms with Gasteiger partial charge >= 0.3 is 6.03 Å². The molecule has 0 atom stereocenters. The maximum Gasteiger partial charge on any atom is 0.335 e. The molecule has 5 amide bonds. The summed E-state index contributed by atoms with van der Waals surface area (Å²) in [5.41, 5.74) is 0.857. The molecule has 3 aromatic carbocycles. The Balaban J connectivity index is 1.50. The molecule has 42 heavy (non-hydrogen) atoms. The molecule has 0 aliphatic carbocycles. The van der Waals surface area contributed by atoms with E-state index < -0.39 is 23.8 Å². The fourth-order valence-electron chi connectivity index (χ4n) is 3.89. The van der Waals surface area contributed by atoms with Crippen molar-refractivity contribution in [1.29, 1.82) is 0 Å². The molecule has 0 spiro atoms. The number of anilines is 2. The van der Waals surface area contributed by atoms with E-state index in [-0.39, 0.29) is 28.6 Å². The second kappa shape index (κ2) is 13.9. The van der Waals surface area contributed by atoms with Crippen LogP contribution in [0.2, 0.25) is 10.0 Å². The Bertz CT molecular complexity index is 1540. The lowest BCUT2D eigenvalue weighted by Crippen LogP contribution is -2.54. The summed E-state index contributed by atoms with van der Waals surface area (Å²) in [4.78, 5) is 51.8. The van der Waals surface area contributed by atoms with Crippen LogP contribution in [0.4, 0.5) is 16.2 Å². The Morgan fingerprint density at radius 2 is 1.64 bits per heavy atom. The molecule has 3 aromatic rings. The third-order valence-corrected chi connectivity index (χ3v) is 6.35. The number of rotatable bonds is 11. The smallest absolute Gasteiger partial charge is 0.335 e. The summed E-state index contributed by atoms with van der Waals surface area (Å²) in [5.74, 6) is -1.05. The highest BCUT2D eigenvalue weighted by Crippen LogP contribution is 2.34. The van der Waals surface area contributed by atoms with Crippen molar-refractivity contribution in [3.63, 3.8) is 0 Å². The van der Waals surface area contributed by atoms with Crippen LogP contribution < -0.4 is 29.7 Å². The number of nitrogens with zero attached hydrogens (tertiary/aromatic N) is 1. The number of imide groups is 2. The molecule has 0 aromatic heterocycles. The first-order valence-electron chi connectivity index (χ1n) is 13.0. The van der Waals surface area contributed by atoms with E-state index in [1.165, 1.54) is 30.3 Å². The lowest BCUT2D eigenvalue weighted by Gasteiger charge is -2.27. The monoisotopic (exact) mass is 611 g/mol. The number of benzene rings is 3. The van der Waals surface area contributed by atoms with Crippen LogP contribution in [0.3, 0.4) is 0 Å². The Morgan fingerprint density at radius 1 is 0.905 bits per heavy atom. The molecule has 218 valence electrons. The molecule has 1 heterocycles. The Labute approximate surface area is 252 Å². The van der Waals surface area contributed by atoms with Gasteiger partial charge in [0, 0.05) is 16.8 Å². The summed E-state index contributed by atoms with van der Waals surface area (Å²) in [6.07, 6.45) is 2.09. The first-order valence-corrected chi connectivity index (χ1v) is 13.7. The zero-order valence-electron chi connectivity index (χ0n) is 22.7. The standard InChI is InChI=1S/C30H27Cl2N3O7/c1-3-13-41-25-12-10-21(16-26(25)40-4-2)35-29(38)22(28(37)34-30(35)39)14-18-5-11-24(23(32)15-18)42-17-27(36)33-20-8-6-19(31)7-9-20/h5-12,14-16H,3-4,13,17H2,1-2H3,(H,33,36)(H,34,37,39)/b22-14+. The Morgan fingerprint density at radius 3 is 2.33 bits per heavy atom. The quantitative estimate of drug-likeness (QED) is 0.205. The van der Waals surface area contributed by atoms with Crippen LogP contribution in [0.25, 0.3) is 6.08 Å². The van der Waals surface area contributed by atoms with Crippen molar-refractivity contribution in [3.05, 3.63) is 81.8 Å². The average Bonchev–Trinajstić information content (AvgIpc) is 2.95. The lowest BCUT2D eigenvalue weighted by atomic mass is 10.1. The molecule has 0 saturated carbocycles. The van der Waals surface area contributed by atoms with Crippen molar-refractivity contribution < 1.29 is 33.4 Å². The van der Waals surface area contributed by atoms with Gasteiger partial charge in [-0.05, 0) is 73.5 Å². The average molecular weight is 612 g/mol. The van der Waals surface area contributed by atoms with E-state index in [9.17, 15) is 19.2 Å². The minimum atomic E-state index is -0.898. The van der Waals surface area contributed by atoms with Gasteiger partial charge < -0.3 is 19.5 Å². The van der Waals surface area contributed by atoms with Gasteiger partial charge in [0.25, 0.3) is 17.7 Å². The molecule has 1 saturated heterocycles. The highest BCUT2D eigenvalue weighted by molar-refractivity contribution is 6.39. The number of ether oxygens (including phenoxy) is 3. The van der Waals surface area contributed by atoms with Crippen LogP contribution >= 0.6 is 23.2 Å². The van der Waals surface area contributed by atoms with Crippen LogP contribution in [0.15, 0.2) is 66.2 Å². The molecule has 1 aliphatic heterocycles. The van der Waals surface area contributed by atoms with Crippen molar-refractivity contribution in [1.82, 2.24) is 5.32 Å². The predicted molar refractivity (Wildman–Crippen MR) is 159 cm³/mol. The van der Waals surface area contributed by atoms with Crippen molar-refractivity contribution in [2.24, 2.45) is 0 Å². The van der Waals surface area contributed by atoms with Gasteiger partial charge in [-0.15, -0.1) is 0 Å². The largest absolute Gasteiger partial charge is 0.490 e. The molecule has 1 aliphatic rings. The molecular weight excluding hydrogens is 585 g/mol. The Hall–Kier alpha value is -4.54. The van der Waals surface area contributed by atoms with Gasteiger partial charge in [0.15, 0.2) is 18.1 Å². The third-order valence-electron chi connectivity index (χ3n) is 5.80. The van der Waals surface area contributed by atoms with Gasteiger partial charge in [-0.25, -0.2) is 9.69 Å². The molecule has 12 heteroatoms. The van der Waals surface area contributed by atoms with Crippen LogP contribution in [-0.4, -0.2) is 43.6 Å². The van der Waals surface area contributed by atoms with Crippen LogP contribution in [-0.2, 0) is 14.4 Å². The first kappa shape index (κ1) is 30.4. The molecule has 0 bridgehead atoms. The second-order valence-electron chi connectivity index (χ2n) is 8.90. The van der Waals surface area contributed by atoms with E-state index in [2.05, 4.69) is 10.6 Å². The van der Waals surface area contributed by atoms with E-state index in [1.54, 1.807) is 43.3 Å². The zero-order valence-corrected chi connectivity index (χ0v) is 24.3. The second-order valence-corrected chi connectivity index (χ2v) is 9.75. The van der Waals surface area contributed by atoms with Gasteiger partial charge in [0.05, 0.1) is 23.9 Å². The number of barbiturate groups is 1. The number of hydrogen-bond acceptors (Lipinski definition) is 7. The maximum atomic E-state index is 13.4. The van der Waals surface area contributed by atoms with Crippen molar-refractivity contribution >= 4 is 64.4 Å².